The number of hydrogen-bond acceptors (Lipinski definition) is 4. The van der Waals surface area contributed by atoms with E-state index in [0.29, 0.717) is 13.2 Å². The number of anilines is 1. The highest BCUT2D eigenvalue weighted by Crippen LogP contribution is 2.14. The molecule has 5 heteroatoms. The van der Waals surface area contributed by atoms with E-state index >= 15 is 0 Å². The van der Waals surface area contributed by atoms with Crippen LogP contribution in [0.25, 0.3) is 0 Å². The van der Waals surface area contributed by atoms with Crippen molar-refractivity contribution in [3.63, 3.8) is 0 Å². The van der Waals surface area contributed by atoms with E-state index in [0.717, 1.165) is 37.4 Å². The van der Waals surface area contributed by atoms with Gasteiger partial charge in [0.1, 0.15) is 0 Å². The number of benzene rings is 1. The van der Waals surface area contributed by atoms with E-state index in [-0.39, 0.29) is 5.91 Å². The lowest BCUT2D eigenvalue weighted by atomic mass is 10.1. The van der Waals surface area contributed by atoms with Gasteiger partial charge in [0, 0.05) is 32.9 Å². The summed E-state index contributed by atoms with van der Waals surface area (Å²) in [5.74, 6) is -0.0519. The van der Waals surface area contributed by atoms with Crippen molar-refractivity contribution < 1.29 is 14.3 Å². The number of hydrogen-bond donors (Lipinski definition) is 2. The Labute approximate surface area is 120 Å². The maximum atomic E-state index is 11.1. The molecule has 0 aromatic heterocycles. The second-order valence-corrected chi connectivity index (χ2v) is 4.47. The maximum Gasteiger partial charge on any atom is 0.221 e. The molecule has 1 aromatic rings. The van der Waals surface area contributed by atoms with Crippen molar-refractivity contribution in [3.8, 4) is 0 Å². The van der Waals surface area contributed by atoms with Gasteiger partial charge in [0.2, 0.25) is 5.91 Å². The van der Waals surface area contributed by atoms with E-state index in [4.69, 9.17) is 9.47 Å². The minimum absolute atomic E-state index is 0.0519. The predicted molar refractivity (Wildman–Crippen MR) is 79.8 cm³/mol. The van der Waals surface area contributed by atoms with Gasteiger partial charge in [-0.1, -0.05) is 18.2 Å². The zero-order chi connectivity index (χ0) is 14.6. The van der Waals surface area contributed by atoms with E-state index in [9.17, 15) is 4.79 Å². The van der Waals surface area contributed by atoms with Crippen LogP contribution in [0.3, 0.4) is 0 Å². The average molecular weight is 280 g/mol. The molecule has 0 spiro atoms. The summed E-state index contributed by atoms with van der Waals surface area (Å²) < 4.78 is 10.3. The molecule has 1 aromatic carbocycles. The predicted octanol–water partition coefficient (Wildman–Crippen LogP) is 1.79. The highest BCUT2D eigenvalue weighted by Gasteiger charge is 2.02. The number of nitrogens with one attached hydrogen (secondary N) is 2. The van der Waals surface area contributed by atoms with E-state index in [1.165, 1.54) is 6.92 Å². The van der Waals surface area contributed by atoms with Crippen molar-refractivity contribution in [1.82, 2.24) is 5.32 Å². The number of amides is 1. The minimum Gasteiger partial charge on any atom is -0.382 e. The Hall–Kier alpha value is -1.43. The van der Waals surface area contributed by atoms with Crippen LogP contribution in [0.15, 0.2) is 24.3 Å². The molecular weight excluding hydrogens is 256 g/mol. The molecule has 0 radical (unpaired) electrons. The average Bonchev–Trinajstić information content (AvgIpc) is 2.43. The number of ether oxygens (including phenoxy) is 2. The van der Waals surface area contributed by atoms with E-state index in [1.807, 2.05) is 24.3 Å². The van der Waals surface area contributed by atoms with Crippen LogP contribution >= 0.6 is 0 Å². The molecular formula is C15H24N2O3. The molecule has 0 saturated heterocycles. The van der Waals surface area contributed by atoms with Crippen LogP contribution in [0.4, 0.5) is 5.69 Å². The summed E-state index contributed by atoms with van der Waals surface area (Å²) in [5, 5.41) is 6.17. The molecule has 0 aliphatic carbocycles. The van der Waals surface area contributed by atoms with E-state index < -0.39 is 0 Å². The fourth-order valence-electron chi connectivity index (χ4n) is 1.75. The third kappa shape index (κ3) is 7.23. The molecule has 0 saturated carbocycles. The molecule has 1 amide bonds. The summed E-state index contributed by atoms with van der Waals surface area (Å²) in [5.41, 5.74) is 1.95. The van der Waals surface area contributed by atoms with Crippen LogP contribution in [0, 0.1) is 0 Å². The molecule has 2 N–H and O–H groups in total. The summed E-state index contributed by atoms with van der Waals surface area (Å²) in [4.78, 5) is 11.1. The monoisotopic (exact) mass is 280 g/mol. The molecule has 1 rings (SSSR count). The number of rotatable bonds is 10. The third-order valence-electron chi connectivity index (χ3n) is 2.72. The van der Waals surface area contributed by atoms with Crippen LogP contribution < -0.4 is 10.6 Å². The number of carbonyl (C=O) groups excluding carboxylic acids is 1. The minimum atomic E-state index is -0.0519. The summed E-state index contributed by atoms with van der Waals surface area (Å²) in [7, 11) is 1.66. The Kier molecular flexibility index (Phi) is 8.62. The van der Waals surface area contributed by atoms with Crippen LogP contribution in [-0.4, -0.2) is 39.4 Å². The molecule has 5 nitrogen and oxygen atoms in total. The van der Waals surface area contributed by atoms with Gasteiger partial charge in [0.05, 0.1) is 13.2 Å². The largest absolute Gasteiger partial charge is 0.382 e. The lowest BCUT2D eigenvalue weighted by Crippen LogP contribution is -2.18. The Morgan fingerprint density at radius 3 is 2.75 bits per heavy atom. The van der Waals surface area contributed by atoms with E-state index in [1.54, 1.807) is 7.11 Å². The SMILES string of the molecule is COCCOCCCNCc1ccccc1NC(C)=O. The Morgan fingerprint density at radius 1 is 1.20 bits per heavy atom. The van der Waals surface area contributed by atoms with Gasteiger partial charge in [-0.2, -0.15) is 0 Å². The van der Waals surface area contributed by atoms with Gasteiger partial charge in [-0.3, -0.25) is 4.79 Å². The summed E-state index contributed by atoms with van der Waals surface area (Å²) in [6.45, 7) is 5.13. The van der Waals surface area contributed by atoms with Gasteiger partial charge >= 0.3 is 0 Å². The van der Waals surface area contributed by atoms with Crippen LogP contribution in [0.1, 0.15) is 18.9 Å². The summed E-state index contributed by atoms with van der Waals surface area (Å²) in [6, 6.07) is 7.80. The number of methoxy groups -OCH3 is 1. The van der Waals surface area contributed by atoms with Crippen molar-refractivity contribution in [2.75, 3.05) is 38.8 Å². The summed E-state index contributed by atoms with van der Waals surface area (Å²) >= 11 is 0. The van der Waals surface area contributed by atoms with Crippen LogP contribution in [-0.2, 0) is 20.8 Å². The molecule has 0 bridgehead atoms. The number of para-hydroxylation sites is 1. The fourth-order valence-corrected chi connectivity index (χ4v) is 1.75. The molecule has 112 valence electrons. The molecule has 20 heavy (non-hydrogen) atoms. The first kappa shape index (κ1) is 16.6. The van der Waals surface area contributed by atoms with Crippen molar-refractivity contribution in [2.24, 2.45) is 0 Å². The maximum absolute atomic E-state index is 11.1. The molecule has 0 aliphatic rings. The zero-order valence-electron chi connectivity index (χ0n) is 12.3. The Balaban J connectivity index is 2.20. The quantitative estimate of drug-likeness (QED) is 0.642. The van der Waals surface area contributed by atoms with E-state index in [2.05, 4.69) is 10.6 Å². The van der Waals surface area contributed by atoms with Gasteiger partial charge in [0.15, 0.2) is 0 Å². The van der Waals surface area contributed by atoms with Crippen LogP contribution in [0.5, 0.6) is 0 Å². The summed E-state index contributed by atoms with van der Waals surface area (Å²) in [6.07, 6.45) is 0.950. The molecule has 0 heterocycles. The molecule has 0 unspecified atom stereocenters. The second kappa shape index (κ2) is 10.4. The fraction of sp³-hybridized carbons (Fsp3) is 0.533. The first-order chi connectivity index (χ1) is 9.74. The van der Waals surface area contributed by atoms with Crippen molar-refractivity contribution >= 4 is 11.6 Å². The number of carbonyl (C=O) groups is 1. The van der Waals surface area contributed by atoms with Crippen molar-refractivity contribution in [1.29, 1.82) is 0 Å². The highest BCUT2D eigenvalue weighted by molar-refractivity contribution is 5.89. The topological polar surface area (TPSA) is 59.6 Å². The first-order valence-electron chi connectivity index (χ1n) is 6.87. The Morgan fingerprint density at radius 2 is 2.00 bits per heavy atom. The van der Waals surface area contributed by atoms with Gasteiger partial charge in [-0.15, -0.1) is 0 Å². The third-order valence-corrected chi connectivity index (χ3v) is 2.72. The van der Waals surface area contributed by atoms with Crippen LogP contribution in [0.2, 0.25) is 0 Å². The molecule has 0 atom stereocenters. The smallest absolute Gasteiger partial charge is 0.221 e. The lowest BCUT2D eigenvalue weighted by molar-refractivity contribution is -0.114. The highest BCUT2D eigenvalue weighted by atomic mass is 16.5. The molecule has 0 fully saturated rings. The van der Waals surface area contributed by atoms with Gasteiger partial charge < -0.3 is 20.1 Å². The van der Waals surface area contributed by atoms with Gasteiger partial charge in [-0.05, 0) is 24.6 Å². The standard InChI is InChI=1S/C15H24N2O3/c1-13(18)17-15-7-4-3-6-14(15)12-16-8-5-9-20-11-10-19-2/h3-4,6-7,16H,5,8-12H2,1-2H3,(H,17,18). The van der Waals surface area contributed by atoms with Crippen molar-refractivity contribution in [3.05, 3.63) is 29.8 Å². The first-order valence-corrected chi connectivity index (χ1v) is 6.87. The van der Waals surface area contributed by atoms with Gasteiger partial charge in [-0.25, -0.2) is 0 Å². The van der Waals surface area contributed by atoms with Gasteiger partial charge in [0.25, 0.3) is 0 Å². The zero-order valence-corrected chi connectivity index (χ0v) is 12.3. The lowest BCUT2D eigenvalue weighted by Gasteiger charge is -2.11. The van der Waals surface area contributed by atoms with Crippen molar-refractivity contribution in [2.45, 2.75) is 19.9 Å². The molecule has 0 aliphatic heterocycles. The second-order valence-electron chi connectivity index (χ2n) is 4.47. The normalized spacial score (nSPS) is 10.5. The Bertz CT molecular complexity index is 396.